The fourth-order valence-corrected chi connectivity index (χ4v) is 2.69. The summed E-state index contributed by atoms with van der Waals surface area (Å²) >= 11 is 0. The van der Waals surface area contributed by atoms with E-state index in [9.17, 15) is 9.59 Å². The Kier molecular flexibility index (Phi) is 3.82. The molecule has 0 spiro atoms. The number of carbonyl (C=O) groups excluding carboxylic acids is 1. The highest BCUT2D eigenvalue weighted by Gasteiger charge is 2.18. The summed E-state index contributed by atoms with van der Waals surface area (Å²) in [5.74, 6) is 6.32. The van der Waals surface area contributed by atoms with E-state index in [1.165, 1.54) is 0 Å². The molecule has 1 amide bonds. The second kappa shape index (κ2) is 6.30. The number of fused-ring (bicyclic) bond motifs is 1. The smallest absolute Gasteiger partial charge is 0.274 e. The minimum absolute atomic E-state index is 0.0641. The van der Waals surface area contributed by atoms with Crippen LogP contribution in [0.5, 0.6) is 0 Å². The molecule has 126 valence electrons. The standard InChI is InChI=1S/C20H14N4O2/c1-24-10-8-14(20(24)26)6-5-13-3-2-4-15(11-13)18-22-12-16-7-9-21-19(25)17(16)23-18/h2-4,7-9,11-12H,10H2,1H3,(H,21,25). The Morgan fingerprint density at radius 1 is 1.19 bits per heavy atom. The van der Waals surface area contributed by atoms with Gasteiger partial charge in [-0.2, -0.15) is 0 Å². The lowest BCUT2D eigenvalue weighted by Crippen LogP contribution is -2.21. The van der Waals surface area contributed by atoms with Crippen molar-refractivity contribution >= 4 is 16.8 Å². The number of hydrogen-bond donors (Lipinski definition) is 1. The zero-order valence-electron chi connectivity index (χ0n) is 14.0. The first-order chi connectivity index (χ1) is 12.6. The first-order valence-corrected chi connectivity index (χ1v) is 8.04. The molecule has 1 aromatic carbocycles. The van der Waals surface area contributed by atoms with Crippen LogP contribution in [0.4, 0.5) is 0 Å². The van der Waals surface area contributed by atoms with Gasteiger partial charge >= 0.3 is 0 Å². The molecule has 0 radical (unpaired) electrons. The molecule has 1 aliphatic heterocycles. The number of rotatable bonds is 1. The van der Waals surface area contributed by atoms with Gasteiger partial charge in [-0.05, 0) is 24.3 Å². The topological polar surface area (TPSA) is 79.0 Å². The highest BCUT2D eigenvalue weighted by atomic mass is 16.2. The number of H-pyrrole nitrogens is 1. The fraction of sp³-hybridized carbons (Fsp3) is 0.100. The van der Waals surface area contributed by atoms with Crippen LogP contribution in [-0.2, 0) is 4.79 Å². The largest absolute Gasteiger partial charge is 0.337 e. The fourth-order valence-electron chi connectivity index (χ4n) is 2.69. The molecule has 3 aromatic rings. The van der Waals surface area contributed by atoms with E-state index >= 15 is 0 Å². The van der Waals surface area contributed by atoms with Crippen molar-refractivity contribution in [3.63, 3.8) is 0 Å². The van der Waals surface area contributed by atoms with Gasteiger partial charge in [0.15, 0.2) is 5.82 Å². The molecule has 0 aliphatic carbocycles. The number of amides is 1. The summed E-state index contributed by atoms with van der Waals surface area (Å²) < 4.78 is 0. The summed E-state index contributed by atoms with van der Waals surface area (Å²) in [4.78, 5) is 36.7. The Balaban J connectivity index is 1.70. The van der Waals surface area contributed by atoms with E-state index in [4.69, 9.17) is 0 Å². The van der Waals surface area contributed by atoms with Crippen molar-refractivity contribution in [1.29, 1.82) is 0 Å². The Bertz CT molecular complexity index is 1180. The average Bonchev–Trinajstić information content (AvgIpc) is 2.99. The number of benzene rings is 1. The Hall–Kier alpha value is -3.72. The number of nitrogens with one attached hydrogen (secondary N) is 1. The minimum Gasteiger partial charge on any atom is -0.337 e. The van der Waals surface area contributed by atoms with Crippen LogP contribution in [0, 0.1) is 11.8 Å². The molecule has 0 fully saturated rings. The maximum atomic E-state index is 11.9. The van der Waals surface area contributed by atoms with E-state index in [0.717, 1.165) is 11.1 Å². The molecule has 1 aliphatic rings. The summed E-state index contributed by atoms with van der Waals surface area (Å²) in [6.07, 6.45) is 5.02. The molecule has 6 nitrogen and oxygen atoms in total. The van der Waals surface area contributed by atoms with Crippen LogP contribution in [0.2, 0.25) is 0 Å². The second-order valence-corrected chi connectivity index (χ2v) is 5.94. The normalized spacial score (nSPS) is 13.5. The summed E-state index contributed by atoms with van der Waals surface area (Å²) in [7, 11) is 1.74. The molecule has 0 bridgehead atoms. The van der Waals surface area contributed by atoms with Crippen LogP contribution in [0.25, 0.3) is 22.3 Å². The lowest BCUT2D eigenvalue weighted by molar-refractivity contribution is -0.123. The molecule has 26 heavy (non-hydrogen) atoms. The van der Waals surface area contributed by atoms with Crippen LogP contribution >= 0.6 is 0 Å². The third-order valence-corrected chi connectivity index (χ3v) is 4.12. The lowest BCUT2D eigenvalue weighted by Gasteiger charge is -2.05. The summed E-state index contributed by atoms with van der Waals surface area (Å²) in [6.45, 7) is 0.586. The van der Waals surface area contributed by atoms with Crippen molar-refractivity contribution < 1.29 is 4.79 Å². The number of pyridine rings is 1. The van der Waals surface area contributed by atoms with Gasteiger partial charge in [0.1, 0.15) is 5.52 Å². The molecular formula is C20H14N4O2. The second-order valence-electron chi connectivity index (χ2n) is 5.94. The molecule has 4 rings (SSSR count). The van der Waals surface area contributed by atoms with Gasteiger partial charge in [0, 0.05) is 42.5 Å². The van der Waals surface area contributed by atoms with Gasteiger partial charge in [-0.25, -0.2) is 9.97 Å². The summed E-state index contributed by atoms with van der Waals surface area (Å²) in [5, 5.41) is 0.684. The van der Waals surface area contributed by atoms with E-state index in [-0.39, 0.29) is 11.5 Å². The van der Waals surface area contributed by atoms with Gasteiger partial charge in [0.05, 0.1) is 5.57 Å². The maximum absolute atomic E-state index is 11.9. The Morgan fingerprint density at radius 2 is 2.08 bits per heavy atom. The van der Waals surface area contributed by atoms with Gasteiger partial charge in [0.25, 0.3) is 11.5 Å². The molecule has 1 N–H and O–H groups in total. The zero-order valence-corrected chi connectivity index (χ0v) is 14.0. The van der Waals surface area contributed by atoms with Gasteiger partial charge in [0.2, 0.25) is 0 Å². The average molecular weight is 342 g/mol. The maximum Gasteiger partial charge on any atom is 0.274 e. The molecule has 0 unspecified atom stereocenters. The molecule has 2 aromatic heterocycles. The lowest BCUT2D eigenvalue weighted by atomic mass is 10.1. The molecule has 3 heterocycles. The van der Waals surface area contributed by atoms with E-state index in [1.54, 1.807) is 30.4 Å². The van der Waals surface area contributed by atoms with Crippen molar-refractivity contribution in [2.45, 2.75) is 0 Å². The Morgan fingerprint density at radius 3 is 2.88 bits per heavy atom. The van der Waals surface area contributed by atoms with Crippen LogP contribution in [0.3, 0.4) is 0 Å². The van der Waals surface area contributed by atoms with Crippen molar-refractivity contribution in [2.75, 3.05) is 13.6 Å². The van der Waals surface area contributed by atoms with E-state index in [1.807, 2.05) is 30.3 Å². The van der Waals surface area contributed by atoms with E-state index in [2.05, 4.69) is 26.8 Å². The quantitative estimate of drug-likeness (QED) is 0.683. The predicted octanol–water partition coefficient (Wildman–Crippen LogP) is 1.73. The molecule has 6 heteroatoms. The van der Waals surface area contributed by atoms with E-state index in [0.29, 0.717) is 28.8 Å². The van der Waals surface area contributed by atoms with Crippen molar-refractivity contribution in [2.24, 2.45) is 0 Å². The van der Waals surface area contributed by atoms with Crippen LogP contribution < -0.4 is 5.56 Å². The van der Waals surface area contributed by atoms with Crippen LogP contribution in [0.15, 0.2) is 59.2 Å². The number of carbonyl (C=O) groups is 1. The third kappa shape index (κ3) is 2.87. The highest BCUT2D eigenvalue weighted by molar-refractivity contribution is 6.00. The van der Waals surface area contributed by atoms with Crippen molar-refractivity contribution in [3.8, 4) is 23.2 Å². The van der Waals surface area contributed by atoms with Crippen LogP contribution in [0.1, 0.15) is 5.56 Å². The van der Waals surface area contributed by atoms with Gasteiger partial charge < -0.3 is 9.88 Å². The SMILES string of the molecule is CN1CC=C(C#Cc2cccc(-c3ncc4cc[nH]c(=O)c4n3)c2)C1=O. The summed E-state index contributed by atoms with van der Waals surface area (Å²) in [5.41, 5.74) is 2.10. The molecule has 0 atom stereocenters. The third-order valence-electron chi connectivity index (χ3n) is 4.12. The molecule has 0 saturated heterocycles. The van der Waals surface area contributed by atoms with Gasteiger partial charge in [-0.3, -0.25) is 9.59 Å². The monoisotopic (exact) mass is 342 g/mol. The van der Waals surface area contributed by atoms with Crippen molar-refractivity contribution in [3.05, 3.63) is 70.3 Å². The van der Waals surface area contributed by atoms with E-state index < -0.39 is 0 Å². The van der Waals surface area contributed by atoms with Crippen LogP contribution in [-0.4, -0.2) is 39.4 Å². The summed E-state index contributed by atoms with van der Waals surface area (Å²) in [6, 6.07) is 9.16. The highest BCUT2D eigenvalue weighted by Crippen LogP contribution is 2.18. The number of likely N-dealkylation sites (N-methyl/N-ethyl adjacent to an activating group) is 1. The number of nitrogens with zero attached hydrogens (tertiary/aromatic N) is 3. The minimum atomic E-state index is -0.252. The first-order valence-electron chi connectivity index (χ1n) is 8.04. The van der Waals surface area contributed by atoms with Gasteiger partial charge in [-0.1, -0.05) is 24.0 Å². The number of aromatic amines is 1. The predicted molar refractivity (Wildman–Crippen MR) is 98.2 cm³/mol. The zero-order chi connectivity index (χ0) is 18.1. The van der Waals surface area contributed by atoms with Crippen molar-refractivity contribution in [1.82, 2.24) is 19.9 Å². The van der Waals surface area contributed by atoms with Gasteiger partial charge in [-0.15, -0.1) is 0 Å². The Labute approximate surface area is 149 Å². The first kappa shape index (κ1) is 15.8. The molecular weight excluding hydrogens is 328 g/mol. The number of aromatic nitrogens is 3. The molecule has 0 saturated carbocycles. The number of hydrogen-bond acceptors (Lipinski definition) is 4.